The van der Waals surface area contributed by atoms with Gasteiger partial charge >= 0.3 is 0 Å². The molecule has 0 aromatic carbocycles. The Kier molecular flexibility index (Phi) is 14.8. The van der Waals surface area contributed by atoms with E-state index in [0.717, 1.165) is 32.1 Å². The van der Waals surface area contributed by atoms with Crippen molar-refractivity contribution in [3.8, 4) is 0 Å². The molecule has 0 aliphatic heterocycles. The topological polar surface area (TPSA) is 20.2 Å². The van der Waals surface area contributed by atoms with Gasteiger partial charge in [-0.1, -0.05) is 46.6 Å². The van der Waals surface area contributed by atoms with Gasteiger partial charge in [0.05, 0.1) is 0 Å². The van der Waals surface area contributed by atoms with Crippen LogP contribution in [0.5, 0.6) is 0 Å². The van der Waals surface area contributed by atoms with Gasteiger partial charge in [0.2, 0.25) is 0 Å². The Morgan fingerprint density at radius 3 is 1.54 bits per heavy atom. The van der Waals surface area contributed by atoms with Crippen LogP contribution in [0.1, 0.15) is 92.4 Å². The zero-order valence-electron chi connectivity index (χ0n) is 16.8. The van der Waals surface area contributed by atoms with E-state index in [1.165, 1.54) is 48.0 Å². The second-order valence-electron chi connectivity index (χ2n) is 7.27. The standard InChI is InChI=1S/C23H40O/c1-20(2)12-10-16-23(5)18-11-17-22(4)14-7-6-13-21(3)15-8-9-19-24/h12-14,18,24H,6-11,15-17,19H2,1-5H3/b21-13+,22-14+,23-18+. The lowest BCUT2D eigenvalue weighted by Gasteiger charge is -2.02. The van der Waals surface area contributed by atoms with Gasteiger partial charge in [-0.05, 0) is 92.4 Å². The van der Waals surface area contributed by atoms with E-state index in [1.807, 2.05) is 0 Å². The van der Waals surface area contributed by atoms with Crippen LogP contribution in [0, 0.1) is 0 Å². The Morgan fingerprint density at radius 2 is 1.04 bits per heavy atom. The Bertz CT molecular complexity index is 431. The molecule has 0 aliphatic carbocycles. The number of unbranched alkanes of at least 4 members (excludes halogenated alkanes) is 2. The molecular weight excluding hydrogens is 292 g/mol. The highest BCUT2D eigenvalue weighted by atomic mass is 16.2. The molecule has 0 aromatic heterocycles. The fourth-order valence-corrected chi connectivity index (χ4v) is 2.62. The van der Waals surface area contributed by atoms with Gasteiger partial charge in [0, 0.05) is 6.61 Å². The van der Waals surface area contributed by atoms with E-state index in [-0.39, 0.29) is 0 Å². The molecule has 1 heteroatoms. The molecule has 0 amide bonds. The summed E-state index contributed by atoms with van der Waals surface area (Å²) in [6.07, 6.45) is 19.6. The minimum absolute atomic E-state index is 0.318. The third-order valence-electron chi connectivity index (χ3n) is 4.25. The van der Waals surface area contributed by atoms with Crippen LogP contribution in [-0.2, 0) is 0 Å². The molecule has 0 fully saturated rings. The molecule has 138 valence electrons. The van der Waals surface area contributed by atoms with Gasteiger partial charge in [-0.15, -0.1) is 0 Å². The average Bonchev–Trinajstić information content (AvgIpc) is 2.51. The van der Waals surface area contributed by atoms with Crippen LogP contribution in [0.25, 0.3) is 0 Å². The largest absolute Gasteiger partial charge is 0.396 e. The van der Waals surface area contributed by atoms with Crippen molar-refractivity contribution < 1.29 is 5.11 Å². The molecule has 0 heterocycles. The van der Waals surface area contributed by atoms with Crippen molar-refractivity contribution in [2.45, 2.75) is 92.4 Å². The maximum atomic E-state index is 8.79. The third kappa shape index (κ3) is 15.8. The first-order chi connectivity index (χ1) is 11.5. The van der Waals surface area contributed by atoms with Crippen LogP contribution in [0.2, 0.25) is 0 Å². The summed E-state index contributed by atoms with van der Waals surface area (Å²) in [6, 6.07) is 0. The number of allylic oxidation sites excluding steroid dienone is 8. The predicted octanol–water partition coefficient (Wildman–Crippen LogP) is 7.29. The van der Waals surface area contributed by atoms with Crippen LogP contribution in [0.15, 0.2) is 46.6 Å². The summed E-state index contributed by atoms with van der Waals surface area (Å²) in [5.74, 6) is 0. The summed E-state index contributed by atoms with van der Waals surface area (Å²) in [7, 11) is 0. The molecule has 0 atom stereocenters. The van der Waals surface area contributed by atoms with E-state index in [4.69, 9.17) is 5.11 Å². The molecule has 0 saturated heterocycles. The van der Waals surface area contributed by atoms with Gasteiger partial charge < -0.3 is 5.11 Å². The Morgan fingerprint density at radius 1 is 0.583 bits per heavy atom. The van der Waals surface area contributed by atoms with Crippen molar-refractivity contribution in [3.05, 3.63) is 46.6 Å². The highest BCUT2D eigenvalue weighted by molar-refractivity contribution is 5.06. The molecule has 0 unspecified atom stereocenters. The number of hydrogen-bond donors (Lipinski definition) is 1. The Hall–Kier alpha value is -1.08. The lowest BCUT2D eigenvalue weighted by Crippen LogP contribution is -1.84. The summed E-state index contributed by atoms with van der Waals surface area (Å²) in [5, 5.41) is 8.79. The van der Waals surface area contributed by atoms with Crippen LogP contribution < -0.4 is 0 Å². The maximum Gasteiger partial charge on any atom is 0.0431 e. The summed E-state index contributed by atoms with van der Waals surface area (Å²) in [5.41, 5.74) is 5.90. The summed E-state index contributed by atoms with van der Waals surface area (Å²) < 4.78 is 0. The van der Waals surface area contributed by atoms with E-state index in [9.17, 15) is 0 Å². The average molecular weight is 333 g/mol. The van der Waals surface area contributed by atoms with Gasteiger partial charge in [0.25, 0.3) is 0 Å². The normalized spacial score (nSPS) is 13.3. The molecule has 0 aliphatic rings. The SMILES string of the molecule is CC(C)=CCC/C(C)=C/CC/C(C)=C/CC/C=C(\C)CCCCO. The van der Waals surface area contributed by atoms with Crippen LogP contribution in [0.4, 0.5) is 0 Å². The predicted molar refractivity (Wildman–Crippen MR) is 109 cm³/mol. The van der Waals surface area contributed by atoms with Crippen molar-refractivity contribution in [2.75, 3.05) is 6.61 Å². The highest BCUT2D eigenvalue weighted by Crippen LogP contribution is 2.13. The van der Waals surface area contributed by atoms with Gasteiger partial charge in [-0.2, -0.15) is 0 Å². The van der Waals surface area contributed by atoms with Crippen molar-refractivity contribution in [2.24, 2.45) is 0 Å². The Labute approximate surface area is 151 Å². The molecule has 0 saturated carbocycles. The van der Waals surface area contributed by atoms with Crippen molar-refractivity contribution in [3.63, 3.8) is 0 Å². The smallest absolute Gasteiger partial charge is 0.0431 e. The van der Waals surface area contributed by atoms with E-state index in [1.54, 1.807) is 0 Å². The van der Waals surface area contributed by atoms with Crippen LogP contribution in [0.3, 0.4) is 0 Å². The highest BCUT2D eigenvalue weighted by Gasteiger charge is 1.93. The number of aliphatic hydroxyl groups excluding tert-OH is 1. The zero-order chi connectivity index (χ0) is 18.2. The van der Waals surface area contributed by atoms with E-state index in [2.05, 4.69) is 58.9 Å². The first kappa shape index (κ1) is 22.9. The number of aliphatic hydroxyl groups is 1. The molecule has 0 radical (unpaired) electrons. The summed E-state index contributed by atoms with van der Waals surface area (Å²) in [4.78, 5) is 0. The van der Waals surface area contributed by atoms with Crippen molar-refractivity contribution in [1.82, 2.24) is 0 Å². The number of rotatable bonds is 13. The molecule has 1 nitrogen and oxygen atoms in total. The molecule has 1 N–H and O–H groups in total. The quantitative estimate of drug-likeness (QED) is 0.277. The monoisotopic (exact) mass is 332 g/mol. The molecule has 0 bridgehead atoms. The van der Waals surface area contributed by atoms with Crippen LogP contribution >= 0.6 is 0 Å². The first-order valence-electron chi connectivity index (χ1n) is 9.66. The molecular formula is C23H40O. The van der Waals surface area contributed by atoms with Gasteiger partial charge in [0.1, 0.15) is 0 Å². The second-order valence-corrected chi connectivity index (χ2v) is 7.27. The molecule has 0 spiro atoms. The van der Waals surface area contributed by atoms with E-state index in [0.29, 0.717) is 6.61 Å². The maximum absolute atomic E-state index is 8.79. The Balaban J connectivity index is 3.90. The minimum Gasteiger partial charge on any atom is -0.396 e. The van der Waals surface area contributed by atoms with E-state index >= 15 is 0 Å². The van der Waals surface area contributed by atoms with Gasteiger partial charge in [-0.3, -0.25) is 0 Å². The number of hydrogen-bond acceptors (Lipinski definition) is 1. The lowest BCUT2D eigenvalue weighted by molar-refractivity contribution is 0.284. The van der Waals surface area contributed by atoms with Gasteiger partial charge in [-0.25, -0.2) is 0 Å². The van der Waals surface area contributed by atoms with Crippen molar-refractivity contribution >= 4 is 0 Å². The zero-order valence-corrected chi connectivity index (χ0v) is 16.8. The fourth-order valence-electron chi connectivity index (χ4n) is 2.62. The second kappa shape index (κ2) is 15.4. The fraction of sp³-hybridized carbons (Fsp3) is 0.652. The van der Waals surface area contributed by atoms with Crippen LogP contribution in [-0.4, -0.2) is 11.7 Å². The summed E-state index contributed by atoms with van der Waals surface area (Å²) in [6.45, 7) is 11.4. The lowest BCUT2D eigenvalue weighted by atomic mass is 10.0. The van der Waals surface area contributed by atoms with Crippen molar-refractivity contribution in [1.29, 1.82) is 0 Å². The van der Waals surface area contributed by atoms with E-state index < -0.39 is 0 Å². The minimum atomic E-state index is 0.318. The first-order valence-corrected chi connectivity index (χ1v) is 9.66. The summed E-state index contributed by atoms with van der Waals surface area (Å²) >= 11 is 0. The molecule has 24 heavy (non-hydrogen) atoms. The van der Waals surface area contributed by atoms with Gasteiger partial charge in [0.15, 0.2) is 0 Å². The molecule has 0 aromatic rings. The molecule has 0 rings (SSSR count). The third-order valence-corrected chi connectivity index (χ3v) is 4.25.